The summed E-state index contributed by atoms with van der Waals surface area (Å²) in [6, 6.07) is 15.5. The minimum atomic E-state index is -3.67. The van der Waals surface area contributed by atoms with Crippen LogP contribution in [0.3, 0.4) is 0 Å². The molecule has 0 amide bonds. The second-order valence-electron chi connectivity index (χ2n) is 5.62. The van der Waals surface area contributed by atoms with Crippen LogP contribution < -0.4 is 0 Å². The first-order valence-corrected chi connectivity index (χ1v) is 8.75. The molecule has 1 fully saturated rings. The van der Waals surface area contributed by atoms with Gasteiger partial charge in [0.25, 0.3) is 0 Å². The highest BCUT2D eigenvalue weighted by Crippen LogP contribution is 2.52. The third-order valence-corrected chi connectivity index (χ3v) is 6.68. The molecule has 1 aliphatic rings. The molecule has 0 aliphatic heterocycles. The largest absolute Gasteiger partial charge is 0.469 e. The molecule has 1 aliphatic carbocycles. The molecule has 1 heterocycles. The molecule has 1 aromatic heterocycles. The molecule has 6 heteroatoms. The summed E-state index contributed by atoms with van der Waals surface area (Å²) >= 11 is 0. The van der Waals surface area contributed by atoms with Gasteiger partial charge in [0.05, 0.1) is 34.5 Å². The monoisotopic (exact) mass is 326 g/mol. The van der Waals surface area contributed by atoms with E-state index in [9.17, 15) is 18.9 Å². The van der Waals surface area contributed by atoms with Gasteiger partial charge in [0.2, 0.25) is 0 Å². The summed E-state index contributed by atoms with van der Waals surface area (Å²) in [4.78, 5) is 0.202. The zero-order valence-corrected chi connectivity index (χ0v) is 13.0. The van der Waals surface area contributed by atoms with Crippen LogP contribution in [0.4, 0.5) is 0 Å². The number of hydrogen-bond acceptors (Lipinski definition) is 5. The number of sulfone groups is 1. The van der Waals surface area contributed by atoms with Gasteiger partial charge in [-0.1, -0.05) is 18.2 Å². The summed E-state index contributed by atoms with van der Waals surface area (Å²) in [6.45, 7) is 0. The number of benzene rings is 1. The Balaban J connectivity index is 2.13. The van der Waals surface area contributed by atoms with Crippen molar-refractivity contribution in [2.75, 3.05) is 0 Å². The van der Waals surface area contributed by atoms with Crippen molar-refractivity contribution < 1.29 is 12.8 Å². The minimum Gasteiger partial charge on any atom is -0.469 e. The van der Waals surface area contributed by atoms with Gasteiger partial charge in [0.1, 0.15) is 5.76 Å². The molecule has 0 saturated heterocycles. The molecule has 116 valence electrons. The van der Waals surface area contributed by atoms with E-state index in [2.05, 4.69) is 0 Å². The highest BCUT2D eigenvalue weighted by atomic mass is 32.2. The van der Waals surface area contributed by atoms with Gasteiger partial charge in [0.15, 0.2) is 15.3 Å². The molecule has 5 nitrogen and oxygen atoms in total. The van der Waals surface area contributed by atoms with E-state index in [0.29, 0.717) is 5.76 Å². The van der Waals surface area contributed by atoms with Gasteiger partial charge in [-0.15, -0.1) is 0 Å². The fourth-order valence-corrected chi connectivity index (χ4v) is 5.34. The van der Waals surface area contributed by atoms with Crippen molar-refractivity contribution in [1.29, 1.82) is 10.5 Å². The second kappa shape index (κ2) is 5.57. The molecule has 0 unspecified atom stereocenters. The fraction of sp³-hybridized carbons (Fsp3) is 0.294. The Morgan fingerprint density at radius 1 is 1.09 bits per heavy atom. The van der Waals surface area contributed by atoms with E-state index in [4.69, 9.17) is 4.42 Å². The topological polar surface area (TPSA) is 94.9 Å². The maximum absolute atomic E-state index is 13.0. The van der Waals surface area contributed by atoms with Crippen LogP contribution in [0.25, 0.3) is 0 Å². The highest BCUT2D eigenvalue weighted by Gasteiger charge is 2.56. The van der Waals surface area contributed by atoms with Gasteiger partial charge in [-0.25, -0.2) is 8.42 Å². The Morgan fingerprint density at radius 2 is 1.78 bits per heavy atom. The lowest BCUT2D eigenvalue weighted by Gasteiger charge is -2.24. The van der Waals surface area contributed by atoms with E-state index < -0.39 is 26.4 Å². The van der Waals surface area contributed by atoms with Crippen molar-refractivity contribution in [2.45, 2.75) is 28.9 Å². The normalized spacial score (nSPS) is 23.0. The molecule has 3 rings (SSSR count). The van der Waals surface area contributed by atoms with Gasteiger partial charge < -0.3 is 4.42 Å². The third kappa shape index (κ3) is 2.32. The maximum atomic E-state index is 13.0. The van der Waals surface area contributed by atoms with Gasteiger partial charge in [-0.05, 0) is 37.1 Å². The standard InChI is InChI=1S/C17H14N2O3S/c18-11-17(12-19)9-8-15(16(17)14-7-4-10-22-14)23(20,21)13-5-2-1-3-6-13/h1-7,10,15-16H,8-9H2/t15-,16-/m1/s1. The van der Waals surface area contributed by atoms with Crippen molar-refractivity contribution in [3.8, 4) is 12.1 Å². The molecule has 2 atom stereocenters. The lowest BCUT2D eigenvalue weighted by atomic mass is 9.79. The van der Waals surface area contributed by atoms with Crippen molar-refractivity contribution in [3.05, 3.63) is 54.5 Å². The van der Waals surface area contributed by atoms with Crippen LogP contribution in [-0.4, -0.2) is 13.7 Å². The Labute approximate surface area is 134 Å². The SMILES string of the molecule is N#CC1(C#N)CC[C@@H](S(=O)(=O)c2ccccc2)[C@H]1c1ccco1. The van der Waals surface area contributed by atoms with Crippen molar-refractivity contribution in [2.24, 2.45) is 5.41 Å². The van der Waals surface area contributed by atoms with E-state index in [0.717, 1.165) is 0 Å². The Morgan fingerprint density at radius 3 is 2.35 bits per heavy atom. The molecule has 1 saturated carbocycles. The summed E-state index contributed by atoms with van der Waals surface area (Å²) in [6.07, 6.45) is 1.89. The van der Waals surface area contributed by atoms with Crippen LogP contribution >= 0.6 is 0 Å². The van der Waals surface area contributed by atoms with E-state index in [1.807, 2.05) is 12.1 Å². The predicted molar refractivity (Wildman–Crippen MR) is 81.8 cm³/mol. The molecule has 0 N–H and O–H groups in total. The first kappa shape index (κ1) is 15.3. The Kier molecular flexibility index (Phi) is 3.71. The first-order valence-electron chi connectivity index (χ1n) is 7.20. The van der Waals surface area contributed by atoms with Gasteiger partial charge >= 0.3 is 0 Å². The van der Waals surface area contributed by atoms with Crippen LogP contribution in [0.1, 0.15) is 24.5 Å². The lowest BCUT2D eigenvalue weighted by molar-refractivity contribution is 0.385. The second-order valence-corrected chi connectivity index (χ2v) is 7.79. The zero-order chi connectivity index (χ0) is 16.5. The number of rotatable bonds is 3. The molecule has 2 aromatic rings. The zero-order valence-electron chi connectivity index (χ0n) is 12.2. The molecule has 23 heavy (non-hydrogen) atoms. The number of nitriles is 2. The van der Waals surface area contributed by atoms with Crippen LogP contribution in [0, 0.1) is 28.1 Å². The molecular formula is C17H14N2O3S. The van der Waals surface area contributed by atoms with Crippen LogP contribution in [0.2, 0.25) is 0 Å². The summed E-state index contributed by atoms with van der Waals surface area (Å²) in [5.74, 6) is -0.423. The van der Waals surface area contributed by atoms with E-state index in [1.54, 1.807) is 30.3 Å². The number of hydrogen-bond donors (Lipinski definition) is 0. The Hall–Kier alpha value is -2.57. The quantitative estimate of drug-likeness (QED) is 0.864. The molecule has 0 bridgehead atoms. The van der Waals surface area contributed by atoms with Crippen molar-refractivity contribution >= 4 is 9.84 Å². The fourth-order valence-electron chi connectivity index (χ4n) is 3.30. The Bertz CT molecular complexity index is 860. The summed E-state index contributed by atoms with van der Waals surface area (Å²) in [7, 11) is -3.67. The third-order valence-electron chi connectivity index (χ3n) is 4.44. The first-order chi connectivity index (χ1) is 11.0. The summed E-state index contributed by atoms with van der Waals surface area (Å²) < 4.78 is 31.4. The van der Waals surface area contributed by atoms with E-state index in [-0.39, 0.29) is 17.7 Å². The van der Waals surface area contributed by atoms with Crippen LogP contribution in [0.5, 0.6) is 0 Å². The van der Waals surface area contributed by atoms with E-state index in [1.165, 1.54) is 18.4 Å². The summed E-state index contributed by atoms with van der Waals surface area (Å²) in [5.41, 5.74) is -1.38. The molecule has 1 aromatic carbocycles. The van der Waals surface area contributed by atoms with Crippen molar-refractivity contribution in [3.63, 3.8) is 0 Å². The predicted octanol–water partition coefficient (Wildman–Crippen LogP) is 3.03. The van der Waals surface area contributed by atoms with E-state index >= 15 is 0 Å². The average Bonchev–Trinajstić information content (AvgIpc) is 3.23. The molecule has 0 spiro atoms. The molecule has 0 radical (unpaired) electrons. The van der Waals surface area contributed by atoms with Gasteiger partial charge in [-0.2, -0.15) is 10.5 Å². The minimum absolute atomic E-state index is 0.202. The smallest absolute Gasteiger partial charge is 0.182 e. The maximum Gasteiger partial charge on any atom is 0.182 e. The molecular weight excluding hydrogens is 312 g/mol. The van der Waals surface area contributed by atoms with Crippen molar-refractivity contribution in [1.82, 2.24) is 0 Å². The number of furan rings is 1. The van der Waals surface area contributed by atoms with Crippen LogP contribution in [-0.2, 0) is 9.84 Å². The van der Waals surface area contributed by atoms with Gasteiger partial charge in [0, 0.05) is 0 Å². The number of nitrogens with zero attached hydrogens (tertiary/aromatic N) is 2. The lowest BCUT2D eigenvalue weighted by Crippen LogP contribution is -2.31. The highest BCUT2D eigenvalue weighted by molar-refractivity contribution is 7.92. The van der Waals surface area contributed by atoms with Gasteiger partial charge in [-0.3, -0.25) is 0 Å². The van der Waals surface area contributed by atoms with Crippen LogP contribution in [0.15, 0.2) is 58.0 Å². The average molecular weight is 326 g/mol. The summed E-state index contributed by atoms with van der Waals surface area (Å²) in [5, 5.41) is 18.2.